The van der Waals surface area contributed by atoms with Gasteiger partial charge in [-0.05, 0) is 111 Å². The first-order valence-corrected chi connectivity index (χ1v) is 14.3. The molecule has 0 radical (unpaired) electrons. The van der Waals surface area contributed by atoms with Crippen LogP contribution >= 0.6 is 0 Å². The topological polar surface area (TPSA) is 48.8 Å². The second-order valence-corrected chi connectivity index (χ2v) is 12.3. The lowest BCUT2D eigenvalue weighted by Crippen LogP contribution is -2.61. The lowest BCUT2D eigenvalue weighted by molar-refractivity contribution is -0.110. The standard InChI is InChI=1S/C31H42FN3O2/c1-37-26-8-9-27-23(16-26)17-28-29(20-36)35(18-22-5-4-6-24(32)15-22)21-31(30(27)28)10-13-34(14-11-31)19-25-7-2-3-12-33-25/h2-7,12,15,23,26-30,36H,8-11,13-14,16-21H2,1H3/t23?,26?,27?,28?,29-,30?/m0/s1. The normalized spacial score (nSPS) is 33.8. The number of aromatic nitrogens is 1. The fourth-order valence-electron chi connectivity index (χ4n) is 8.88. The van der Waals surface area contributed by atoms with Crippen molar-refractivity contribution in [3.63, 3.8) is 0 Å². The third kappa shape index (κ3) is 4.98. The van der Waals surface area contributed by atoms with Crippen molar-refractivity contribution in [3.05, 3.63) is 65.7 Å². The Morgan fingerprint density at radius 2 is 1.92 bits per heavy atom. The molecule has 5 unspecified atom stereocenters. The van der Waals surface area contributed by atoms with Crippen molar-refractivity contribution in [1.82, 2.24) is 14.8 Å². The van der Waals surface area contributed by atoms with Gasteiger partial charge in [-0.25, -0.2) is 4.39 Å². The van der Waals surface area contributed by atoms with Gasteiger partial charge in [-0.15, -0.1) is 0 Å². The number of rotatable bonds is 6. The molecular weight excluding hydrogens is 465 g/mol. The molecule has 5 nitrogen and oxygen atoms in total. The van der Waals surface area contributed by atoms with Gasteiger partial charge in [-0.2, -0.15) is 0 Å². The van der Waals surface area contributed by atoms with Crippen LogP contribution in [0.1, 0.15) is 49.8 Å². The summed E-state index contributed by atoms with van der Waals surface area (Å²) in [4.78, 5) is 9.66. The summed E-state index contributed by atoms with van der Waals surface area (Å²) in [6.07, 6.45) is 9.43. The number of ether oxygens (including phenoxy) is 1. The van der Waals surface area contributed by atoms with Crippen molar-refractivity contribution in [2.75, 3.05) is 33.4 Å². The molecule has 6 rings (SSSR count). The van der Waals surface area contributed by atoms with Gasteiger partial charge in [0.1, 0.15) is 5.82 Å². The highest BCUT2D eigenvalue weighted by atomic mass is 19.1. The average molecular weight is 508 g/mol. The van der Waals surface area contributed by atoms with Crippen molar-refractivity contribution in [3.8, 4) is 0 Å². The van der Waals surface area contributed by atoms with E-state index in [1.54, 1.807) is 6.07 Å². The first-order valence-electron chi connectivity index (χ1n) is 14.3. The number of halogens is 1. The number of likely N-dealkylation sites (tertiary alicyclic amines) is 2. The molecule has 1 spiro atoms. The Morgan fingerprint density at radius 3 is 2.65 bits per heavy atom. The molecule has 37 heavy (non-hydrogen) atoms. The van der Waals surface area contributed by atoms with E-state index in [1.165, 1.54) is 38.2 Å². The fourth-order valence-corrected chi connectivity index (χ4v) is 8.88. The molecule has 2 aliphatic carbocycles. The molecule has 3 heterocycles. The zero-order chi connectivity index (χ0) is 25.4. The van der Waals surface area contributed by atoms with Crippen LogP contribution in [-0.4, -0.2) is 65.4 Å². The van der Waals surface area contributed by atoms with Crippen molar-refractivity contribution in [1.29, 1.82) is 0 Å². The predicted octanol–water partition coefficient (Wildman–Crippen LogP) is 4.75. The molecule has 2 aliphatic heterocycles. The van der Waals surface area contributed by atoms with E-state index >= 15 is 0 Å². The number of methoxy groups -OCH3 is 1. The number of hydrogen-bond acceptors (Lipinski definition) is 5. The molecule has 6 heteroatoms. The van der Waals surface area contributed by atoms with E-state index in [0.29, 0.717) is 30.4 Å². The Labute approximate surface area is 221 Å². The van der Waals surface area contributed by atoms with E-state index in [0.717, 1.165) is 49.8 Å². The summed E-state index contributed by atoms with van der Waals surface area (Å²) in [5, 5.41) is 10.7. The quantitative estimate of drug-likeness (QED) is 0.612. The Morgan fingerprint density at radius 1 is 1.05 bits per heavy atom. The number of nitrogens with zero attached hydrogens (tertiary/aromatic N) is 3. The third-order valence-electron chi connectivity index (χ3n) is 10.4. The first kappa shape index (κ1) is 25.4. The number of aliphatic hydroxyl groups is 1. The maximum atomic E-state index is 14.1. The molecule has 200 valence electrons. The van der Waals surface area contributed by atoms with Gasteiger partial charge in [0.05, 0.1) is 18.4 Å². The summed E-state index contributed by atoms with van der Waals surface area (Å²) in [6, 6.07) is 13.4. The minimum Gasteiger partial charge on any atom is -0.395 e. The molecule has 4 aliphatic rings. The molecule has 0 amide bonds. The summed E-state index contributed by atoms with van der Waals surface area (Å²) in [5.41, 5.74) is 2.41. The highest BCUT2D eigenvalue weighted by Gasteiger charge is 2.60. The van der Waals surface area contributed by atoms with Crippen LogP contribution in [-0.2, 0) is 17.8 Å². The number of hydrogen-bond donors (Lipinski definition) is 1. The molecule has 2 aromatic rings. The average Bonchev–Trinajstić information content (AvgIpc) is 3.30. The Kier molecular flexibility index (Phi) is 7.37. The lowest BCUT2D eigenvalue weighted by atomic mass is 9.57. The summed E-state index contributed by atoms with van der Waals surface area (Å²) < 4.78 is 19.9. The lowest BCUT2D eigenvalue weighted by Gasteiger charge is -2.58. The molecule has 4 fully saturated rings. The molecule has 2 saturated heterocycles. The molecule has 0 bridgehead atoms. The molecule has 1 aromatic carbocycles. The van der Waals surface area contributed by atoms with Crippen LogP contribution in [0.3, 0.4) is 0 Å². The van der Waals surface area contributed by atoms with Crippen LogP contribution in [0, 0.1) is 34.9 Å². The number of pyridine rings is 1. The van der Waals surface area contributed by atoms with E-state index in [4.69, 9.17) is 4.74 Å². The van der Waals surface area contributed by atoms with Crippen LogP contribution in [0.15, 0.2) is 48.7 Å². The maximum absolute atomic E-state index is 14.1. The Hall–Kier alpha value is -1.86. The number of fused-ring (bicyclic) bond motifs is 4. The van der Waals surface area contributed by atoms with Gasteiger partial charge >= 0.3 is 0 Å². The molecule has 2 saturated carbocycles. The van der Waals surface area contributed by atoms with Gasteiger partial charge in [0.2, 0.25) is 0 Å². The van der Waals surface area contributed by atoms with E-state index in [-0.39, 0.29) is 23.9 Å². The zero-order valence-electron chi connectivity index (χ0n) is 22.1. The fraction of sp³-hybridized carbons (Fsp3) is 0.645. The van der Waals surface area contributed by atoms with E-state index < -0.39 is 0 Å². The van der Waals surface area contributed by atoms with Crippen molar-refractivity contribution in [2.24, 2.45) is 29.1 Å². The minimum absolute atomic E-state index is 0.150. The van der Waals surface area contributed by atoms with E-state index in [2.05, 4.69) is 26.9 Å². The van der Waals surface area contributed by atoms with Crippen molar-refractivity contribution in [2.45, 2.75) is 63.8 Å². The van der Waals surface area contributed by atoms with Gasteiger partial charge in [0, 0.05) is 39.0 Å². The van der Waals surface area contributed by atoms with Gasteiger partial charge in [0.15, 0.2) is 0 Å². The monoisotopic (exact) mass is 507 g/mol. The molecule has 6 atom stereocenters. The maximum Gasteiger partial charge on any atom is 0.123 e. The summed E-state index contributed by atoms with van der Waals surface area (Å²) in [6.45, 7) is 5.00. The minimum atomic E-state index is -0.178. The van der Waals surface area contributed by atoms with Crippen molar-refractivity contribution >= 4 is 0 Å². The number of aliphatic hydroxyl groups excluding tert-OH is 1. The highest BCUT2D eigenvalue weighted by molar-refractivity contribution is 5.18. The van der Waals surface area contributed by atoms with E-state index in [1.807, 2.05) is 31.5 Å². The van der Waals surface area contributed by atoms with Crippen molar-refractivity contribution < 1.29 is 14.2 Å². The van der Waals surface area contributed by atoms with Crippen LogP contribution < -0.4 is 0 Å². The first-order chi connectivity index (χ1) is 18.1. The molecular formula is C31H42FN3O2. The predicted molar refractivity (Wildman–Crippen MR) is 142 cm³/mol. The summed E-state index contributed by atoms with van der Waals surface area (Å²) >= 11 is 0. The van der Waals surface area contributed by atoms with Crippen LogP contribution in [0.4, 0.5) is 4.39 Å². The SMILES string of the molecule is COC1CCC2C(C1)CC1C2C2(CCN(Cc3ccccn3)CC2)CN(Cc2cccc(F)c2)[C@H]1CO. The second kappa shape index (κ2) is 10.7. The molecule has 1 N–H and O–H groups in total. The van der Waals surface area contributed by atoms with E-state index in [9.17, 15) is 9.50 Å². The van der Waals surface area contributed by atoms with Crippen LogP contribution in [0.25, 0.3) is 0 Å². The van der Waals surface area contributed by atoms with Gasteiger partial charge in [-0.1, -0.05) is 18.2 Å². The van der Waals surface area contributed by atoms with Crippen LogP contribution in [0.5, 0.6) is 0 Å². The smallest absolute Gasteiger partial charge is 0.123 e. The summed E-state index contributed by atoms with van der Waals surface area (Å²) in [7, 11) is 1.86. The van der Waals surface area contributed by atoms with Crippen LogP contribution in [0.2, 0.25) is 0 Å². The second-order valence-electron chi connectivity index (χ2n) is 12.3. The van der Waals surface area contributed by atoms with Gasteiger partial charge in [-0.3, -0.25) is 14.8 Å². The number of piperidine rings is 2. The Bertz CT molecular complexity index is 1040. The zero-order valence-corrected chi connectivity index (χ0v) is 22.1. The third-order valence-corrected chi connectivity index (χ3v) is 10.4. The Balaban J connectivity index is 1.27. The summed E-state index contributed by atoms with van der Waals surface area (Å²) in [5.74, 6) is 2.42. The highest BCUT2D eigenvalue weighted by Crippen LogP contribution is 2.62. The largest absolute Gasteiger partial charge is 0.395 e. The molecule has 1 aromatic heterocycles. The van der Waals surface area contributed by atoms with Gasteiger partial charge in [0.25, 0.3) is 0 Å². The number of benzene rings is 1. The van der Waals surface area contributed by atoms with Gasteiger partial charge < -0.3 is 9.84 Å².